The molecule has 0 aliphatic carbocycles. The molecule has 2 heterocycles. The summed E-state index contributed by atoms with van der Waals surface area (Å²) in [4.78, 5) is 4.31. The Hall–Kier alpha value is -1.79. The Bertz CT molecular complexity index is 550. The molecule has 0 spiro atoms. The molecule has 1 aliphatic rings. The lowest BCUT2D eigenvalue weighted by atomic mass is 10.2. The molecule has 0 radical (unpaired) electrons. The normalized spacial score (nSPS) is 18.6. The molecule has 6 heteroatoms. The molecule has 1 aliphatic heterocycles. The van der Waals surface area contributed by atoms with Gasteiger partial charge in [0.1, 0.15) is 12.4 Å². The molecule has 1 aromatic heterocycles. The van der Waals surface area contributed by atoms with Crippen molar-refractivity contribution in [2.75, 3.05) is 6.54 Å². The minimum Gasteiger partial charge on any atom is -0.367 e. The fourth-order valence-corrected chi connectivity index (χ4v) is 2.21. The SMILES string of the molecule is Fc1ccc(COCc2nc(C3CCCN3)no2)cc1. The fraction of sp³-hybridized carbons (Fsp3) is 0.429. The van der Waals surface area contributed by atoms with Gasteiger partial charge in [0.2, 0.25) is 0 Å². The van der Waals surface area contributed by atoms with E-state index >= 15 is 0 Å². The average molecular weight is 277 g/mol. The van der Waals surface area contributed by atoms with E-state index in [1.54, 1.807) is 12.1 Å². The molecule has 1 unspecified atom stereocenters. The molecule has 1 atom stereocenters. The first-order valence-corrected chi connectivity index (χ1v) is 6.69. The summed E-state index contributed by atoms with van der Waals surface area (Å²) in [5.41, 5.74) is 0.906. The molecule has 0 saturated carbocycles. The highest BCUT2D eigenvalue weighted by molar-refractivity contribution is 5.14. The van der Waals surface area contributed by atoms with Crippen molar-refractivity contribution >= 4 is 0 Å². The number of benzene rings is 1. The first-order chi connectivity index (χ1) is 9.81. The first-order valence-electron chi connectivity index (χ1n) is 6.69. The largest absolute Gasteiger partial charge is 0.367 e. The lowest BCUT2D eigenvalue weighted by molar-refractivity contribution is 0.0850. The van der Waals surface area contributed by atoms with Crippen molar-refractivity contribution in [2.24, 2.45) is 0 Å². The summed E-state index contributed by atoms with van der Waals surface area (Å²) >= 11 is 0. The zero-order valence-electron chi connectivity index (χ0n) is 11.0. The smallest absolute Gasteiger partial charge is 0.252 e. The summed E-state index contributed by atoms with van der Waals surface area (Å²) in [6.45, 7) is 1.65. The minimum absolute atomic E-state index is 0.199. The van der Waals surface area contributed by atoms with E-state index in [2.05, 4.69) is 15.5 Å². The molecule has 1 N–H and O–H groups in total. The van der Waals surface area contributed by atoms with Crippen LogP contribution in [0.2, 0.25) is 0 Å². The Labute approximate surface area is 116 Å². The number of rotatable bonds is 5. The predicted molar refractivity (Wildman–Crippen MR) is 69.2 cm³/mol. The van der Waals surface area contributed by atoms with Gasteiger partial charge in [0.05, 0.1) is 12.6 Å². The highest BCUT2D eigenvalue weighted by Gasteiger charge is 2.21. The highest BCUT2D eigenvalue weighted by atomic mass is 19.1. The van der Waals surface area contributed by atoms with E-state index in [4.69, 9.17) is 9.26 Å². The van der Waals surface area contributed by atoms with Crippen LogP contribution in [-0.4, -0.2) is 16.7 Å². The number of nitrogens with one attached hydrogen (secondary N) is 1. The van der Waals surface area contributed by atoms with Gasteiger partial charge < -0.3 is 14.6 Å². The van der Waals surface area contributed by atoms with Crippen molar-refractivity contribution in [3.05, 3.63) is 47.4 Å². The van der Waals surface area contributed by atoms with Gasteiger partial charge in [-0.15, -0.1) is 0 Å². The van der Waals surface area contributed by atoms with Gasteiger partial charge in [-0.25, -0.2) is 4.39 Å². The topological polar surface area (TPSA) is 60.2 Å². The van der Waals surface area contributed by atoms with Gasteiger partial charge >= 0.3 is 0 Å². The molecule has 0 amide bonds. The number of aromatic nitrogens is 2. The average Bonchev–Trinajstić information content (AvgIpc) is 3.11. The van der Waals surface area contributed by atoms with Gasteiger partial charge in [0, 0.05) is 0 Å². The number of hydrogen-bond acceptors (Lipinski definition) is 5. The summed E-state index contributed by atoms with van der Waals surface area (Å²) in [5.74, 6) is 0.915. The summed E-state index contributed by atoms with van der Waals surface area (Å²) in [6.07, 6.45) is 2.17. The predicted octanol–water partition coefficient (Wildman–Crippen LogP) is 2.35. The highest BCUT2D eigenvalue weighted by Crippen LogP contribution is 2.20. The van der Waals surface area contributed by atoms with E-state index in [0.717, 1.165) is 24.9 Å². The Kier molecular flexibility index (Phi) is 4.03. The lowest BCUT2D eigenvalue weighted by Crippen LogP contribution is -2.14. The van der Waals surface area contributed by atoms with Gasteiger partial charge in [-0.3, -0.25) is 0 Å². The second-order valence-corrected chi connectivity index (χ2v) is 4.81. The van der Waals surface area contributed by atoms with Crippen molar-refractivity contribution in [3.63, 3.8) is 0 Å². The molecule has 5 nitrogen and oxygen atoms in total. The van der Waals surface area contributed by atoms with Crippen molar-refractivity contribution in [2.45, 2.75) is 32.1 Å². The van der Waals surface area contributed by atoms with Crippen LogP contribution in [0.25, 0.3) is 0 Å². The van der Waals surface area contributed by atoms with Crippen molar-refractivity contribution in [1.29, 1.82) is 0 Å². The van der Waals surface area contributed by atoms with Crippen molar-refractivity contribution in [1.82, 2.24) is 15.5 Å². The third-order valence-electron chi connectivity index (χ3n) is 3.26. The van der Waals surface area contributed by atoms with Crippen molar-refractivity contribution < 1.29 is 13.7 Å². The summed E-state index contributed by atoms with van der Waals surface area (Å²) in [6, 6.07) is 6.41. The van der Waals surface area contributed by atoms with Crippen LogP contribution >= 0.6 is 0 Å². The standard InChI is InChI=1S/C14H16FN3O2/c15-11-5-3-10(4-6-11)8-19-9-13-17-14(18-20-13)12-2-1-7-16-12/h3-6,12,16H,1-2,7-9H2. The summed E-state index contributed by atoms with van der Waals surface area (Å²) in [5, 5.41) is 7.27. The van der Waals surface area contributed by atoms with Crippen LogP contribution in [0.3, 0.4) is 0 Å². The monoisotopic (exact) mass is 277 g/mol. The molecular weight excluding hydrogens is 261 g/mol. The second-order valence-electron chi connectivity index (χ2n) is 4.81. The Morgan fingerprint density at radius 3 is 2.90 bits per heavy atom. The van der Waals surface area contributed by atoms with Gasteiger partial charge in [-0.05, 0) is 37.1 Å². The lowest BCUT2D eigenvalue weighted by Gasteiger charge is -2.02. The molecule has 106 valence electrons. The zero-order chi connectivity index (χ0) is 13.8. The minimum atomic E-state index is -0.251. The number of halogens is 1. The third-order valence-corrected chi connectivity index (χ3v) is 3.26. The number of nitrogens with zero attached hydrogens (tertiary/aromatic N) is 2. The van der Waals surface area contributed by atoms with Crippen LogP contribution in [0.15, 0.2) is 28.8 Å². The Morgan fingerprint density at radius 2 is 2.15 bits per heavy atom. The van der Waals surface area contributed by atoms with Gasteiger partial charge in [0.25, 0.3) is 5.89 Å². The van der Waals surface area contributed by atoms with Crippen LogP contribution in [0, 0.1) is 5.82 Å². The molecular formula is C14H16FN3O2. The Balaban J connectivity index is 1.49. The molecule has 3 rings (SSSR count). The maximum Gasteiger partial charge on any atom is 0.252 e. The van der Waals surface area contributed by atoms with E-state index in [9.17, 15) is 4.39 Å². The van der Waals surface area contributed by atoms with Crippen LogP contribution in [-0.2, 0) is 18.0 Å². The molecule has 2 aromatic rings. The van der Waals surface area contributed by atoms with E-state index in [0.29, 0.717) is 18.3 Å². The van der Waals surface area contributed by atoms with E-state index in [-0.39, 0.29) is 18.5 Å². The van der Waals surface area contributed by atoms with E-state index in [1.807, 2.05) is 0 Å². The van der Waals surface area contributed by atoms with Crippen LogP contribution in [0.1, 0.15) is 36.2 Å². The summed E-state index contributed by atoms with van der Waals surface area (Å²) < 4.78 is 23.4. The second kappa shape index (κ2) is 6.11. The maximum absolute atomic E-state index is 12.7. The molecule has 1 saturated heterocycles. The zero-order valence-corrected chi connectivity index (χ0v) is 11.0. The number of hydrogen-bond donors (Lipinski definition) is 1. The number of ether oxygens (including phenoxy) is 1. The van der Waals surface area contributed by atoms with Gasteiger partial charge in [-0.2, -0.15) is 4.98 Å². The van der Waals surface area contributed by atoms with Gasteiger partial charge in [0.15, 0.2) is 5.82 Å². The van der Waals surface area contributed by atoms with Crippen molar-refractivity contribution in [3.8, 4) is 0 Å². The van der Waals surface area contributed by atoms with Crippen LogP contribution in [0.5, 0.6) is 0 Å². The third kappa shape index (κ3) is 3.20. The molecule has 20 heavy (non-hydrogen) atoms. The quantitative estimate of drug-likeness (QED) is 0.909. The van der Waals surface area contributed by atoms with Gasteiger partial charge in [-0.1, -0.05) is 17.3 Å². The molecule has 1 aromatic carbocycles. The van der Waals surface area contributed by atoms with Crippen LogP contribution < -0.4 is 5.32 Å². The first kappa shape index (κ1) is 13.2. The maximum atomic E-state index is 12.7. The molecule has 1 fully saturated rings. The molecule has 0 bridgehead atoms. The summed E-state index contributed by atoms with van der Waals surface area (Å²) in [7, 11) is 0. The fourth-order valence-electron chi connectivity index (χ4n) is 2.21. The van der Waals surface area contributed by atoms with Crippen LogP contribution in [0.4, 0.5) is 4.39 Å². The van der Waals surface area contributed by atoms with E-state index < -0.39 is 0 Å². The Morgan fingerprint density at radius 1 is 1.30 bits per heavy atom. The van der Waals surface area contributed by atoms with E-state index in [1.165, 1.54) is 12.1 Å².